The molecule has 53 heavy (non-hydrogen) atoms. The second-order valence-electron chi connectivity index (χ2n) is 15.8. The van der Waals surface area contributed by atoms with Gasteiger partial charge in [0.15, 0.2) is 0 Å². The molecular weight excluding hydrogens is 653 g/mol. The van der Waals surface area contributed by atoms with Crippen LogP contribution in [0.4, 0.5) is 0 Å². The Morgan fingerprint density at radius 1 is 0.453 bits per heavy atom. The Bertz CT molecular complexity index is 787. The Labute approximate surface area is 331 Å². The summed E-state index contributed by atoms with van der Waals surface area (Å²) >= 11 is 0. The molecule has 0 radical (unpaired) electrons. The van der Waals surface area contributed by atoms with Gasteiger partial charge in [-0.05, 0) is 51.4 Å². The molecule has 0 aliphatic rings. The number of hydrogen-bond donors (Lipinski definition) is 1. The van der Waals surface area contributed by atoms with Crippen LogP contribution in [-0.2, 0) is 14.3 Å². The molecule has 0 heterocycles. The number of esters is 1. The van der Waals surface area contributed by atoms with E-state index in [0.29, 0.717) is 19.6 Å². The molecule has 4 heteroatoms. The highest BCUT2D eigenvalue weighted by molar-refractivity contribution is 5.69. The molecule has 0 aliphatic heterocycles. The second kappa shape index (κ2) is 46.8. The fourth-order valence-corrected chi connectivity index (χ4v) is 6.93. The summed E-state index contributed by atoms with van der Waals surface area (Å²) in [6.07, 6.45) is 59.3. The zero-order valence-electron chi connectivity index (χ0n) is 35.8. The molecule has 0 aromatic heterocycles. The molecule has 312 valence electrons. The number of unbranched alkanes of at least 4 members (excludes halogenated alkanes) is 30. The largest absolute Gasteiger partial charge is 0.457 e. The highest BCUT2D eigenvalue weighted by Crippen LogP contribution is 2.15. The van der Waals surface area contributed by atoms with E-state index in [-0.39, 0.29) is 12.6 Å². The minimum atomic E-state index is -0.536. The SMILES string of the molecule is CCCCCCC/C=C\C/C=C\C/C=C\CCCCCCCCCCC(=O)OC(CO)COCCCCCCCCCCCCCCCCCCCC. The number of aliphatic hydroxyl groups excluding tert-OH is 1. The number of carbonyl (C=O) groups excluding carboxylic acids is 1. The van der Waals surface area contributed by atoms with Crippen molar-refractivity contribution >= 4 is 5.97 Å². The fraction of sp³-hybridized carbons (Fsp3) is 0.857. The monoisotopic (exact) mass is 745 g/mol. The number of hydrogen-bond acceptors (Lipinski definition) is 4. The summed E-state index contributed by atoms with van der Waals surface area (Å²) in [5.74, 6) is -0.204. The molecule has 0 amide bonds. The van der Waals surface area contributed by atoms with E-state index < -0.39 is 6.10 Å². The zero-order valence-corrected chi connectivity index (χ0v) is 35.8. The van der Waals surface area contributed by atoms with Crippen LogP contribution < -0.4 is 0 Å². The molecule has 1 N–H and O–H groups in total. The number of rotatable bonds is 44. The lowest BCUT2D eigenvalue weighted by Gasteiger charge is -2.16. The van der Waals surface area contributed by atoms with Crippen molar-refractivity contribution in [2.75, 3.05) is 19.8 Å². The third kappa shape index (κ3) is 44.9. The van der Waals surface area contributed by atoms with Gasteiger partial charge in [0.2, 0.25) is 0 Å². The molecule has 0 spiro atoms. The third-order valence-electron chi connectivity index (χ3n) is 10.5. The molecule has 1 atom stereocenters. The standard InChI is InChI=1S/C49H92O4/c1-3-5-7-9-11-13-15-17-19-21-23-24-25-26-27-28-30-32-34-36-38-40-42-44-49(51)53-48(46-50)47-52-45-43-41-39-37-35-33-31-29-22-20-18-16-14-12-10-8-6-4-2/h15,17,21,23,25-26,48,50H,3-14,16,18-20,22,24,27-47H2,1-2H3/b17-15-,23-21-,26-25-. The minimum absolute atomic E-state index is 0.172. The first kappa shape index (κ1) is 51.6. The number of ether oxygens (including phenoxy) is 2. The smallest absolute Gasteiger partial charge is 0.306 e. The van der Waals surface area contributed by atoms with Gasteiger partial charge in [-0.2, -0.15) is 0 Å². The molecule has 0 saturated heterocycles. The van der Waals surface area contributed by atoms with E-state index in [0.717, 1.165) is 32.1 Å². The lowest BCUT2D eigenvalue weighted by Crippen LogP contribution is -2.27. The van der Waals surface area contributed by atoms with Crippen LogP contribution in [0, 0.1) is 0 Å². The van der Waals surface area contributed by atoms with Crippen molar-refractivity contribution in [1.82, 2.24) is 0 Å². The molecule has 0 saturated carbocycles. The van der Waals surface area contributed by atoms with Crippen LogP contribution in [0.15, 0.2) is 36.5 Å². The maximum atomic E-state index is 12.2. The average molecular weight is 745 g/mol. The molecular formula is C49H92O4. The highest BCUT2D eigenvalue weighted by Gasteiger charge is 2.13. The van der Waals surface area contributed by atoms with Crippen molar-refractivity contribution in [3.63, 3.8) is 0 Å². The second-order valence-corrected chi connectivity index (χ2v) is 15.8. The van der Waals surface area contributed by atoms with Gasteiger partial charge >= 0.3 is 5.97 Å². The molecule has 0 aromatic rings. The van der Waals surface area contributed by atoms with Gasteiger partial charge in [-0.25, -0.2) is 0 Å². The van der Waals surface area contributed by atoms with Crippen molar-refractivity contribution in [3.8, 4) is 0 Å². The number of aliphatic hydroxyl groups is 1. The van der Waals surface area contributed by atoms with Gasteiger partial charge in [0.1, 0.15) is 6.10 Å². The molecule has 0 bridgehead atoms. The van der Waals surface area contributed by atoms with Crippen LogP contribution in [0.3, 0.4) is 0 Å². The maximum Gasteiger partial charge on any atom is 0.306 e. The summed E-state index contributed by atoms with van der Waals surface area (Å²) in [4.78, 5) is 12.2. The van der Waals surface area contributed by atoms with Crippen molar-refractivity contribution < 1.29 is 19.4 Å². The van der Waals surface area contributed by atoms with Crippen molar-refractivity contribution in [2.24, 2.45) is 0 Å². The van der Waals surface area contributed by atoms with Gasteiger partial charge in [-0.1, -0.05) is 224 Å². The molecule has 0 aromatic carbocycles. The van der Waals surface area contributed by atoms with Gasteiger partial charge in [-0.3, -0.25) is 4.79 Å². The van der Waals surface area contributed by atoms with Gasteiger partial charge in [0.25, 0.3) is 0 Å². The molecule has 1 unspecified atom stereocenters. The Balaban J connectivity index is 3.42. The van der Waals surface area contributed by atoms with Crippen LogP contribution in [0.5, 0.6) is 0 Å². The summed E-state index contributed by atoms with van der Waals surface area (Å²) in [5.41, 5.74) is 0. The Hall–Kier alpha value is -1.39. The van der Waals surface area contributed by atoms with E-state index in [1.807, 2.05) is 0 Å². The summed E-state index contributed by atoms with van der Waals surface area (Å²) in [6, 6.07) is 0. The van der Waals surface area contributed by atoms with Crippen LogP contribution in [0.1, 0.15) is 245 Å². The van der Waals surface area contributed by atoms with Crippen molar-refractivity contribution in [3.05, 3.63) is 36.5 Å². The summed E-state index contributed by atoms with van der Waals surface area (Å²) in [5, 5.41) is 9.62. The van der Waals surface area contributed by atoms with E-state index in [2.05, 4.69) is 50.3 Å². The number of carbonyl (C=O) groups is 1. The summed E-state index contributed by atoms with van der Waals surface area (Å²) in [7, 11) is 0. The number of allylic oxidation sites excluding steroid dienone is 6. The van der Waals surface area contributed by atoms with E-state index in [4.69, 9.17) is 9.47 Å². The normalized spacial score (nSPS) is 12.6. The maximum absolute atomic E-state index is 12.2. The Kier molecular flexibility index (Phi) is 45.5. The van der Waals surface area contributed by atoms with E-state index in [1.165, 1.54) is 193 Å². The van der Waals surface area contributed by atoms with Crippen LogP contribution >= 0.6 is 0 Å². The van der Waals surface area contributed by atoms with Crippen LogP contribution in [0.25, 0.3) is 0 Å². The third-order valence-corrected chi connectivity index (χ3v) is 10.5. The lowest BCUT2D eigenvalue weighted by molar-refractivity contribution is -0.154. The Morgan fingerprint density at radius 3 is 1.19 bits per heavy atom. The van der Waals surface area contributed by atoms with Crippen molar-refractivity contribution in [2.45, 2.75) is 251 Å². The van der Waals surface area contributed by atoms with Gasteiger partial charge in [0, 0.05) is 13.0 Å². The summed E-state index contributed by atoms with van der Waals surface area (Å²) < 4.78 is 11.2. The molecule has 0 aliphatic carbocycles. The van der Waals surface area contributed by atoms with Crippen LogP contribution in [0.2, 0.25) is 0 Å². The fourth-order valence-electron chi connectivity index (χ4n) is 6.93. The quantitative estimate of drug-likeness (QED) is 0.0383. The van der Waals surface area contributed by atoms with E-state index in [9.17, 15) is 9.90 Å². The first-order valence-electron chi connectivity index (χ1n) is 23.6. The average Bonchev–Trinajstić information content (AvgIpc) is 3.16. The topological polar surface area (TPSA) is 55.8 Å². The van der Waals surface area contributed by atoms with Gasteiger partial charge < -0.3 is 14.6 Å². The van der Waals surface area contributed by atoms with Crippen molar-refractivity contribution in [1.29, 1.82) is 0 Å². The highest BCUT2D eigenvalue weighted by atomic mass is 16.6. The van der Waals surface area contributed by atoms with Crippen LogP contribution in [-0.4, -0.2) is 37.0 Å². The van der Waals surface area contributed by atoms with E-state index >= 15 is 0 Å². The Morgan fingerprint density at radius 2 is 0.792 bits per heavy atom. The first-order valence-corrected chi connectivity index (χ1v) is 23.6. The zero-order chi connectivity index (χ0) is 38.4. The summed E-state index contributed by atoms with van der Waals surface area (Å²) in [6.45, 7) is 5.36. The van der Waals surface area contributed by atoms with Gasteiger partial charge in [0.05, 0.1) is 13.2 Å². The van der Waals surface area contributed by atoms with E-state index in [1.54, 1.807) is 0 Å². The molecule has 0 rings (SSSR count). The lowest BCUT2D eigenvalue weighted by atomic mass is 10.0. The first-order chi connectivity index (χ1) is 26.2. The van der Waals surface area contributed by atoms with Gasteiger partial charge in [-0.15, -0.1) is 0 Å². The predicted molar refractivity (Wildman–Crippen MR) is 233 cm³/mol. The minimum Gasteiger partial charge on any atom is -0.457 e. The molecule has 4 nitrogen and oxygen atoms in total. The predicted octanol–water partition coefficient (Wildman–Crippen LogP) is 15.7. The molecule has 0 fully saturated rings.